The van der Waals surface area contributed by atoms with Gasteiger partial charge in [0.1, 0.15) is 35.6 Å². The molecule has 0 bridgehead atoms. The van der Waals surface area contributed by atoms with Crippen LogP contribution in [-0.4, -0.2) is 64.2 Å². The van der Waals surface area contributed by atoms with Crippen LogP contribution in [0, 0.1) is 0 Å². The fourth-order valence-electron chi connectivity index (χ4n) is 3.41. The van der Waals surface area contributed by atoms with E-state index < -0.39 is 28.7 Å². The minimum atomic E-state index is -4.73. The normalized spacial score (nSPS) is 17.0. The van der Waals surface area contributed by atoms with E-state index in [9.17, 15) is 26.7 Å². The number of anilines is 1. The summed E-state index contributed by atoms with van der Waals surface area (Å²) < 4.78 is 78.9. The number of benzene rings is 2. The molecular formula is C23H28F3NO7S. The van der Waals surface area contributed by atoms with Crippen molar-refractivity contribution in [1.82, 2.24) is 0 Å². The Morgan fingerprint density at radius 1 is 0.943 bits per heavy atom. The fraction of sp³-hybridized carbons (Fsp3) is 0.478. The number of nitrogens with zero attached hydrogens (tertiary/aromatic N) is 1. The van der Waals surface area contributed by atoms with E-state index in [0.717, 1.165) is 37.9 Å². The second kappa shape index (κ2) is 10.9. The molecule has 1 atom stereocenters. The monoisotopic (exact) mass is 519 g/mol. The molecule has 1 aliphatic rings. The number of hydrogen-bond donors (Lipinski definition) is 1. The predicted molar refractivity (Wildman–Crippen MR) is 122 cm³/mol. The molecule has 12 heteroatoms. The number of aliphatic hydroxyl groups is 1. The zero-order chi connectivity index (χ0) is 25.7. The molecule has 0 spiro atoms. The Hall–Kier alpha value is -2.70. The smallest absolute Gasteiger partial charge is 0.491 e. The van der Waals surface area contributed by atoms with Gasteiger partial charge >= 0.3 is 6.36 Å². The minimum absolute atomic E-state index is 0.0559. The molecule has 0 unspecified atom stereocenters. The largest absolute Gasteiger partial charge is 0.573 e. The molecule has 0 amide bonds. The van der Waals surface area contributed by atoms with Gasteiger partial charge in [-0.25, -0.2) is 0 Å². The standard InChI is InChI=1S/C23H28F3NO7S/c1-22(28,16-32-35(2,29)30)15-31-18-5-3-17(4-6-18)27-13-11-20(12-14-27)33-19-7-9-21(10-8-19)34-23(24,25)26/h3-10,20,28H,11-16H2,1-2H3/t22-/m1/s1. The third-order valence-electron chi connectivity index (χ3n) is 5.14. The molecule has 1 aliphatic heterocycles. The van der Waals surface area contributed by atoms with Gasteiger partial charge in [0, 0.05) is 31.6 Å². The average molecular weight is 520 g/mol. The lowest BCUT2D eigenvalue weighted by molar-refractivity contribution is -0.274. The first-order valence-electron chi connectivity index (χ1n) is 10.9. The van der Waals surface area contributed by atoms with Gasteiger partial charge in [-0.15, -0.1) is 13.2 Å². The van der Waals surface area contributed by atoms with Crippen molar-refractivity contribution in [1.29, 1.82) is 0 Å². The van der Waals surface area contributed by atoms with Gasteiger partial charge in [0.15, 0.2) is 0 Å². The van der Waals surface area contributed by atoms with Crippen molar-refractivity contribution in [3.63, 3.8) is 0 Å². The van der Waals surface area contributed by atoms with E-state index in [4.69, 9.17) is 9.47 Å². The van der Waals surface area contributed by atoms with Crippen LogP contribution in [0.2, 0.25) is 0 Å². The Morgan fingerprint density at radius 2 is 1.49 bits per heavy atom. The molecule has 0 radical (unpaired) electrons. The maximum atomic E-state index is 12.3. The number of rotatable bonds is 10. The first-order valence-corrected chi connectivity index (χ1v) is 12.7. The maximum absolute atomic E-state index is 12.3. The van der Waals surface area contributed by atoms with Crippen molar-refractivity contribution in [3.05, 3.63) is 48.5 Å². The summed E-state index contributed by atoms with van der Waals surface area (Å²) in [5.74, 6) is 0.708. The summed E-state index contributed by atoms with van der Waals surface area (Å²) in [6.45, 7) is 2.33. The molecule has 35 heavy (non-hydrogen) atoms. The Balaban J connectivity index is 1.44. The Labute approximate surface area is 202 Å². The van der Waals surface area contributed by atoms with E-state index in [1.807, 2.05) is 12.1 Å². The molecule has 2 aromatic carbocycles. The van der Waals surface area contributed by atoms with E-state index in [2.05, 4.69) is 13.8 Å². The summed E-state index contributed by atoms with van der Waals surface area (Å²) in [5, 5.41) is 10.2. The van der Waals surface area contributed by atoms with Crippen LogP contribution < -0.4 is 19.1 Å². The summed E-state index contributed by atoms with van der Waals surface area (Å²) in [5.41, 5.74) is -0.494. The Kier molecular flexibility index (Phi) is 8.39. The van der Waals surface area contributed by atoms with Crippen LogP contribution in [0.25, 0.3) is 0 Å². The highest BCUT2D eigenvalue weighted by atomic mass is 32.2. The molecule has 0 saturated carbocycles. The minimum Gasteiger partial charge on any atom is -0.491 e. The molecule has 0 aromatic heterocycles. The number of halogens is 3. The van der Waals surface area contributed by atoms with E-state index in [0.29, 0.717) is 11.5 Å². The lowest BCUT2D eigenvalue weighted by atomic mass is 10.1. The van der Waals surface area contributed by atoms with Crippen LogP contribution in [0.5, 0.6) is 17.2 Å². The van der Waals surface area contributed by atoms with Gasteiger partial charge in [-0.3, -0.25) is 4.18 Å². The van der Waals surface area contributed by atoms with Crippen LogP contribution in [0.1, 0.15) is 19.8 Å². The molecule has 1 fully saturated rings. The van der Waals surface area contributed by atoms with E-state index in [1.54, 1.807) is 12.1 Å². The number of alkyl halides is 3. The van der Waals surface area contributed by atoms with Crippen LogP contribution in [-0.2, 0) is 14.3 Å². The Bertz CT molecular complexity index is 1050. The van der Waals surface area contributed by atoms with Crippen molar-refractivity contribution in [2.24, 2.45) is 0 Å². The zero-order valence-corrected chi connectivity index (χ0v) is 20.1. The van der Waals surface area contributed by atoms with Gasteiger partial charge in [-0.05, 0) is 55.5 Å². The highest BCUT2D eigenvalue weighted by Crippen LogP contribution is 2.28. The van der Waals surface area contributed by atoms with Gasteiger partial charge in [-0.2, -0.15) is 8.42 Å². The second-order valence-corrected chi connectivity index (χ2v) is 10.2. The van der Waals surface area contributed by atoms with Crippen LogP contribution >= 0.6 is 0 Å². The van der Waals surface area contributed by atoms with Gasteiger partial charge < -0.3 is 24.2 Å². The first kappa shape index (κ1) is 26.9. The lowest BCUT2D eigenvalue weighted by Gasteiger charge is -2.33. The van der Waals surface area contributed by atoms with Crippen molar-refractivity contribution in [3.8, 4) is 17.2 Å². The van der Waals surface area contributed by atoms with Crippen molar-refractivity contribution < 1.29 is 45.1 Å². The molecule has 3 rings (SSSR count). The zero-order valence-electron chi connectivity index (χ0n) is 19.3. The highest BCUT2D eigenvalue weighted by Gasteiger charge is 2.31. The molecule has 0 aliphatic carbocycles. The molecule has 1 saturated heterocycles. The van der Waals surface area contributed by atoms with E-state index >= 15 is 0 Å². The molecule has 1 N–H and O–H groups in total. The van der Waals surface area contributed by atoms with Crippen molar-refractivity contribution in [2.75, 3.05) is 37.5 Å². The summed E-state index contributed by atoms with van der Waals surface area (Å²) in [6.07, 6.45) is -2.40. The third-order valence-corrected chi connectivity index (χ3v) is 5.68. The van der Waals surface area contributed by atoms with E-state index in [-0.39, 0.29) is 18.5 Å². The fourth-order valence-corrected chi connectivity index (χ4v) is 3.88. The molecular weight excluding hydrogens is 491 g/mol. The molecule has 8 nitrogen and oxygen atoms in total. The van der Waals surface area contributed by atoms with Crippen LogP contribution in [0.4, 0.5) is 18.9 Å². The second-order valence-electron chi connectivity index (χ2n) is 8.57. The molecule has 1 heterocycles. The highest BCUT2D eigenvalue weighted by molar-refractivity contribution is 7.85. The predicted octanol–water partition coefficient (Wildman–Crippen LogP) is 3.74. The van der Waals surface area contributed by atoms with Gasteiger partial charge in [0.25, 0.3) is 10.1 Å². The number of piperidine rings is 1. The maximum Gasteiger partial charge on any atom is 0.573 e. The topological polar surface area (TPSA) is 94.5 Å². The van der Waals surface area contributed by atoms with Gasteiger partial charge in [0.2, 0.25) is 0 Å². The van der Waals surface area contributed by atoms with E-state index in [1.165, 1.54) is 31.2 Å². The Morgan fingerprint density at radius 3 is 2.03 bits per heavy atom. The summed E-state index contributed by atoms with van der Waals surface area (Å²) >= 11 is 0. The number of hydrogen-bond acceptors (Lipinski definition) is 8. The molecule has 194 valence electrons. The quantitative estimate of drug-likeness (QED) is 0.475. The summed E-state index contributed by atoms with van der Waals surface area (Å²) in [4.78, 5) is 2.18. The average Bonchev–Trinajstić information content (AvgIpc) is 2.77. The first-order chi connectivity index (χ1) is 16.3. The van der Waals surface area contributed by atoms with Gasteiger partial charge in [-0.1, -0.05) is 0 Å². The van der Waals surface area contributed by atoms with Crippen molar-refractivity contribution in [2.45, 2.75) is 37.8 Å². The SMILES string of the molecule is C[C@@](O)(COc1ccc(N2CCC(Oc3ccc(OC(F)(F)F)cc3)CC2)cc1)COS(C)(=O)=O. The van der Waals surface area contributed by atoms with Gasteiger partial charge in [0.05, 0.1) is 12.9 Å². The summed E-state index contributed by atoms with van der Waals surface area (Å²) in [6, 6.07) is 12.6. The van der Waals surface area contributed by atoms with Crippen molar-refractivity contribution >= 4 is 15.8 Å². The van der Waals surface area contributed by atoms with Crippen LogP contribution in [0.15, 0.2) is 48.5 Å². The molecule has 2 aromatic rings. The number of ether oxygens (including phenoxy) is 3. The lowest BCUT2D eigenvalue weighted by Crippen LogP contribution is -2.38. The third kappa shape index (κ3) is 9.46. The van der Waals surface area contributed by atoms with Crippen LogP contribution in [0.3, 0.4) is 0 Å². The summed E-state index contributed by atoms with van der Waals surface area (Å²) in [7, 11) is -3.66.